The summed E-state index contributed by atoms with van der Waals surface area (Å²) < 4.78 is 8.31. The molecule has 1 unspecified atom stereocenters. The molecule has 0 aliphatic carbocycles. The number of hydrogen-bond acceptors (Lipinski definition) is 3. The Morgan fingerprint density at radius 3 is 2.44 bits per heavy atom. The zero-order chi connectivity index (χ0) is 25.3. The van der Waals surface area contributed by atoms with Gasteiger partial charge in [-0.2, -0.15) is 0 Å². The first-order chi connectivity index (χ1) is 17.3. The molecule has 6 heteroatoms. The first-order valence-corrected chi connectivity index (χ1v) is 12.9. The number of aryl methyl sites for hydroxylation is 1. The standard InChI is InChI=1S/C30H32ClN3O2/c1-30(2,3)22-9-15-25(16-10-22)36-18-6-17-33-27-8-5-4-7-26(27)32-29(33)21-19-28(35)34(20-21)24-13-11-23(31)12-14-24/h4-5,7-16,21H,6,17-20H2,1-3H3. The first kappa shape index (κ1) is 24.4. The van der Waals surface area contributed by atoms with E-state index in [9.17, 15) is 4.79 Å². The quantitative estimate of drug-likeness (QED) is 0.257. The van der Waals surface area contributed by atoms with Crippen molar-refractivity contribution in [2.24, 2.45) is 0 Å². The van der Waals surface area contributed by atoms with Gasteiger partial charge in [0, 0.05) is 36.1 Å². The van der Waals surface area contributed by atoms with Gasteiger partial charge in [0.05, 0.1) is 17.6 Å². The van der Waals surface area contributed by atoms with Crippen molar-refractivity contribution in [3.8, 4) is 5.75 Å². The number of rotatable bonds is 7. The monoisotopic (exact) mass is 501 g/mol. The Balaban J connectivity index is 1.29. The van der Waals surface area contributed by atoms with Crippen molar-refractivity contribution in [2.75, 3.05) is 18.1 Å². The van der Waals surface area contributed by atoms with Crippen molar-refractivity contribution < 1.29 is 9.53 Å². The summed E-state index contributed by atoms with van der Waals surface area (Å²) in [5, 5.41) is 0.663. The van der Waals surface area contributed by atoms with Crippen LogP contribution in [0.3, 0.4) is 0 Å². The highest BCUT2D eigenvalue weighted by molar-refractivity contribution is 6.30. The number of imidazole rings is 1. The Labute approximate surface area is 217 Å². The zero-order valence-corrected chi connectivity index (χ0v) is 21.8. The van der Waals surface area contributed by atoms with Crippen LogP contribution in [-0.4, -0.2) is 28.6 Å². The third-order valence-corrected chi connectivity index (χ3v) is 7.08. The number of para-hydroxylation sites is 2. The molecule has 4 aromatic rings. The van der Waals surface area contributed by atoms with E-state index in [0.29, 0.717) is 24.6 Å². The number of benzene rings is 3. The van der Waals surface area contributed by atoms with E-state index in [2.05, 4.69) is 43.5 Å². The van der Waals surface area contributed by atoms with Gasteiger partial charge in [0.15, 0.2) is 0 Å². The summed E-state index contributed by atoms with van der Waals surface area (Å²) in [6, 6.07) is 24.0. The summed E-state index contributed by atoms with van der Waals surface area (Å²) in [5.41, 5.74) is 4.36. The van der Waals surface area contributed by atoms with Gasteiger partial charge in [0.25, 0.3) is 0 Å². The summed E-state index contributed by atoms with van der Waals surface area (Å²) in [6.07, 6.45) is 1.29. The van der Waals surface area contributed by atoms with Crippen LogP contribution < -0.4 is 9.64 Å². The molecule has 0 saturated carbocycles. The molecule has 5 rings (SSSR count). The Morgan fingerprint density at radius 1 is 1.00 bits per heavy atom. The maximum absolute atomic E-state index is 12.9. The van der Waals surface area contributed by atoms with Gasteiger partial charge in [0.1, 0.15) is 11.6 Å². The third-order valence-electron chi connectivity index (χ3n) is 6.83. The minimum atomic E-state index is 0.0337. The van der Waals surface area contributed by atoms with Crippen LogP contribution in [0.15, 0.2) is 72.8 Å². The van der Waals surface area contributed by atoms with E-state index in [1.807, 2.05) is 59.5 Å². The van der Waals surface area contributed by atoms with E-state index in [4.69, 9.17) is 21.3 Å². The van der Waals surface area contributed by atoms with Gasteiger partial charge in [-0.25, -0.2) is 4.98 Å². The van der Waals surface area contributed by atoms with Gasteiger partial charge in [-0.15, -0.1) is 0 Å². The molecule has 1 aliphatic heterocycles. The maximum atomic E-state index is 12.9. The average Bonchev–Trinajstić information content (AvgIpc) is 3.42. The lowest BCUT2D eigenvalue weighted by Gasteiger charge is -2.19. The third kappa shape index (κ3) is 5.12. The molecule has 1 saturated heterocycles. The van der Waals surface area contributed by atoms with Crippen LogP contribution in [0.25, 0.3) is 11.0 Å². The molecular weight excluding hydrogens is 470 g/mol. The van der Waals surface area contributed by atoms with Crippen molar-refractivity contribution in [3.05, 3.63) is 89.2 Å². The summed E-state index contributed by atoms with van der Waals surface area (Å²) in [6.45, 7) is 8.64. The molecule has 1 amide bonds. The molecule has 2 heterocycles. The molecule has 1 aromatic heterocycles. The molecule has 1 aliphatic rings. The van der Waals surface area contributed by atoms with E-state index < -0.39 is 0 Å². The zero-order valence-electron chi connectivity index (χ0n) is 21.1. The number of aromatic nitrogens is 2. The molecular formula is C30H32ClN3O2. The largest absolute Gasteiger partial charge is 0.494 e. The van der Waals surface area contributed by atoms with E-state index in [1.165, 1.54) is 5.56 Å². The van der Waals surface area contributed by atoms with Crippen LogP contribution in [0.4, 0.5) is 5.69 Å². The fourth-order valence-electron chi connectivity index (χ4n) is 4.86. The second-order valence-corrected chi connectivity index (χ2v) is 10.9. The fourth-order valence-corrected chi connectivity index (χ4v) is 4.98. The van der Waals surface area contributed by atoms with Crippen LogP contribution in [0.2, 0.25) is 5.02 Å². The predicted octanol–water partition coefficient (Wildman–Crippen LogP) is 6.98. The van der Waals surface area contributed by atoms with Crippen LogP contribution in [0.1, 0.15) is 50.9 Å². The molecule has 3 aromatic carbocycles. The van der Waals surface area contributed by atoms with Crippen LogP contribution >= 0.6 is 11.6 Å². The molecule has 0 radical (unpaired) electrons. The van der Waals surface area contributed by atoms with Crippen molar-refractivity contribution >= 4 is 34.2 Å². The molecule has 36 heavy (non-hydrogen) atoms. The number of nitrogens with zero attached hydrogens (tertiary/aromatic N) is 3. The minimum Gasteiger partial charge on any atom is -0.494 e. The summed E-state index contributed by atoms with van der Waals surface area (Å²) in [7, 11) is 0. The number of carbonyl (C=O) groups excluding carboxylic acids is 1. The summed E-state index contributed by atoms with van der Waals surface area (Å²) in [5.74, 6) is 2.00. The van der Waals surface area contributed by atoms with Crippen LogP contribution in [0, 0.1) is 0 Å². The van der Waals surface area contributed by atoms with Crippen molar-refractivity contribution in [2.45, 2.75) is 51.5 Å². The number of anilines is 1. The number of halogens is 1. The number of amides is 1. The van der Waals surface area contributed by atoms with Crippen LogP contribution in [0.5, 0.6) is 5.75 Å². The molecule has 5 nitrogen and oxygen atoms in total. The van der Waals surface area contributed by atoms with Gasteiger partial charge in [0.2, 0.25) is 5.91 Å². The summed E-state index contributed by atoms with van der Waals surface area (Å²) >= 11 is 6.04. The second-order valence-electron chi connectivity index (χ2n) is 10.5. The molecule has 186 valence electrons. The van der Waals surface area contributed by atoms with Gasteiger partial charge >= 0.3 is 0 Å². The normalized spacial score (nSPS) is 16.2. The maximum Gasteiger partial charge on any atom is 0.227 e. The Morgan fingerprint density at radius 2 is 1.72 bits per heavy atom. The molecule has 0 N–H and O–H groups in total. The van der Waals surface area contributed by atoms with Crippen molar-refractivity contribution in [1.29, 1.82) is 0 Å². The van der Waals surface area contributed by atoms with Gasteiger partial charge in [-0.05, 0) is 65.9 Å². The Kier molecular flexibility index (Phi) is 6.76. The fraction of sp³-hybridized carbons (Fsp3) is 0.333. The second kappa shape index (κ2) is 9.98. The molecule has 1 atom stereocenters. The highest BCUT2D eigenvalue weighted by Gasteiger charge is 2.34. The van der Waals surface area contributed by atoms with Gasteiger partial charge in [-0.3, -0.25) is 4.79 Å². The van der Waals surface area contributed by atoms with E-state index in [1.54, 1.807) is 0 Å². The van der Waals surface area contributed by atoms with Crippen molar-refractivity contribution in [3.63, 3.8) is 0 Å². The number of hydrogen-bond donors (Lipinski definition) is 0. The summed E-state index contributed by atoms with van der Waals surface area (Å²) in [4.78, 5) is 19.7. The van der Waals surface area contributed by atoms with E-state index >= 15 is 0 Å². The lowest BCUT2D eigenvalue weighted by molar-refractivity contribution is -0.117. The lowest BCUT2D eigenvalue weighted by atomic mass is 9.87. The average molecular weight is 502 g/mol. The van der Waals surface area contributed by atoms with Gasteiger partial charge in [-0.1, -0.05) is 56.6 Å². The smallest absolute Gasteiger partial charge is 0.227 e. The highest BCUT2D eigenvalue weighted by Crippen LogP contribution is 2.34. The lowest BCUT2D eigenvalue weighted by Crippen LogP contribution is -2.24. The molecule has 0 bridgehead atoms. The Bertz CT molecular complexity index is 1350. The van der Waals surface area contributed by atoms with Crippen LogP contribution in [-0.2, 0) is 16.8 Å². The number of ether oxygens (including phenoxy) is 1. The molecule has 1 fully saturated rings. The Hall–Kier alpha value is -3.31. The number of fused-ring (bicyclic) bond motifs is 1. The van der Waals surface area contributed by atoms with Crippen molar-refractivity contribution in [1.82, 2.24) is 9.55 Å². The SMILES string of the molecule is CC(C)(C)c1ccc(OCCCn2c(C3CC(=O)N(c4ccc(Cl)cc4)C3)nc3ccccc32)cc1. The van der Waals surface area contributed by atoms with E-state index in [-0.39, 0.29) is 17.2 Å². The van der Waals surface area contributed by atoms with Gasteiger partial charge < -0.3 is 14.2 Å². The number of carbonyl (C=O) groups is 1. The van der Waals surface area contributed by atoms with E-state index in [0.717, 1.165) is 41.3 Å². The minimum absolute atomic E-state index is 0.0337. The topological polar surface area (TPSA) is 47.4 Å². The molecule has 0 spiro atoms. The highest BCUT2D eigenvalue weighted by atomic mass is 35.5. The predicted molar refractivity (Wildman–Crippen MR) is 146 cm³/mol. The first-order valence-electron chi connectivity index (χ1n) is 12.5.